The molecule has 1 aromatic carbocycles. The molecule has 2 aromatic rings. The average Bonchev–Trinajstić information content (AvgIpc) is 2.94. The minimum Gasteiger partial charge on any atom is -0.335 e. The van der Waals surface area contributed by atoms with Crippen molar-refractivity contribution in [2.24, 2.45) is 5.73 Å². The molecule has 0 bridgehead atoms. The third-order valence-electron chi connectivity index (χ3n) is 3.97. The summed E-state index contributed by atoms with van der Waals surface area (Å²) in [6, 6.07) is 6.10. The fraction of sp³-hybridized carbons (Fsp3) is 0.429. The monoisotopic (exact) mass is 369 g/mol. The lowest BCUT2D eigenvalue weighted by atomic mass is 9.99. The molecule has 0 saturated carbocycles. The molecule has 0 aliphatic carbocycles. The fourth-order valence-electron chi connectivity index (χ4n) is 2.61. The Morgan fingerprint density at radius 1 is 1.48 bits per heavy atom. The first-order valence-corrected chi connectivity index (χ1v) is 8.13. The normalized spacial score (nSPS) is 22.6. The fourth-order valence-corrected chi connectivity index (χ4v) is 3.11. The van der Waals surface area contributed by atoms with Crippen LogP contribution in [0.3, 0.4) is 0 Å². The van der Waals surface area contributed by atoms with Gasteiger partial charge >= 0.3 is 0 Å². The summed E-state index contributed by atoms with van der Waals surface area (Å²) in [7, 11) is 0. The number of halogens is 2. The van der Waals surface area contributed by atoms with Crippen molar-refractivity contribution in [3.05, 3.63) is 27.7 Å². The summed E-state index contributed by atoms with van der Waals surface area (Å²) in [4.78, 5) is 6.77. The number of nitrogens with two attached hydrogens (primary N) is 1. The molecule has 112 valence electrons. The van der Waals surface area contributed by atoms with Gasteiger partial charge in [0.2, 0.25) is 5.95 Å². The highest BCUT2D eigenvalue weighted by molar-refractivity contribution is 9.10. The van der Waals surface area contributed by atoms with Gasteiger partial charge in [0.1, 0.15) is 0 Å². The van der Waals surface area contributed by atoms with Crippen molar-refractivity contribution in [3.8, 4) is 11.4 Å². The predicted octanol–water partition coefficient (Wildman–Crippen LogP) is 3.20. The molecule has 2 heterocycles. The van der Waals surface area contributed by atoms with E-state index in [2.05, 4.69) is 42.9 Å². The zero-order valence-electron chi connectivity index (χ0n) is 11.7. The molecule has 7 heteroatoms. The van der Waals surface area contributed by atoms with Crippen LogP contribution in [-0.4, -0.2) is 33.8 Å². The van der Waals surface area contributed by atoms with Crippen LogP contribution in [-0.2, 0) is 0 Å². The first-order valence-electron chi connectivity index (χ1n) is 6.96. The molecule has 1 aliphatic heterocycles. The summed E-state index contributed by atoms with van der Waals surface area (Å²) in [6.45, 7) is 3.06. The van der Waals surface area contributed by atoms with E-state index in [1.807, 2.05) is 18.2 Å². The lowest BCUT2D eigenvalue weighted by molar-refractivity contribution is 0.416. The number of anilines is 1. The van der Waals surface area contributed by atoms with E-state index in [-0.39, 0.29) is 12.1 Å². The number of hydrogen-bond acceptors (Lipinski definition) is 4. The van der Waals surface area contributed by atoms with Crippen LogP contribution in [0.15, 0.2) is 22.7 Å². The summed E-state index contributed by atoms with van der Waals surface area (Å²) in [5.41, 5.74) is 7.08. The van der Waals surface area contributed by atoms with E-state index in [4.69, 9.17) is 17.3 Å². The first-order chi connectivity index (χ1) is 10.1. The largest absolute Gasteiger partial charge is 0.335 e. The number of aromatic nitrogens is 3. The van der Waals surface area contributed by atoms with Crippen molar-refractivity contribution in [3.63, 3.8) is 0 Å². The van der Waals surface area contributed by atoms with Crippen molar-refractivity contribution in [2.75, 3.05) is 11.4 Å². The number of nitrogens with one attached hydrogen (secondary N) is 1. The van der Waals surface area contributed by atoms with Crippen LogP contribution in [0, 0.1) is 0 Å². The van der Waals surface area contributed by atoms with Crippen molar-refractivity contribution >= 4 is 33.5 Å². The zero-order chi connectivity index (χ0) is 15.0. The third kappa shape index (κ3) is 2.93. The second-order valence-corrected chi connectivity index (χ2v) is 6.61. The Kier molecular flexibility index (Phi) is 4.19. The minimum absolute atomic E-state index is 0.172. The van der Waals surface area contributed by atoms with Crippen LogP contribution in [0.2, 0.25) is 5.02 Å². The van der Waals surface area contributed by atoms with E-state index < -0.39 is 0 Å². The number of rotatable bonds is 2. The van der Waals surface area contributed by atoms with Gasteiger partial charge < -0.3 is 10.6 Å². The van der Waals surface area contributed by atoms with Crippen molar-refractivity contribution < 1.29 is 0 Å². The summed E-state index contributed by atoms with van der Waals surface area (Å²) in [6.07, 6.45) is 2.13. The molecule has 1 aliphatic rings. The van der Waals surface area contributed by atoms with E-state index in [0.29, 0.717) is 11.0 Å². The van der Waals surface area contributed by atoms with Gasteiger partial charge in [-0.2, -0.15) is 4.98 Å². The highest BCUT2D eigenvalue weighted by Gasteiger charge is 2.27. The highest BCUT2D eigenvalue weighted by Crippen LogP contribution is 2.28. The molecule has 1 aromatic heterocycles. The molecular weight excluding hydrogens is 354 g/mol. The standard InChI is InChI=1S/C14H17BrClN5/c1-8-12(17)3-2-6-21(8)14-18-13(19-20-14)9-4-5-11(16)10(15)7-9/h4-5,7-8,12H,2-3,6,17H2,1H3,(H,18,19,20). The van der Waals surface area contributed by atoms with Crippen molar-refractivity contribution in [2.45, 2.75) is 31.8 Å². The SMILES string of the molecule is CC1C(N)CCCN1c1n[nH]c(-c2ccc(Cl)c(Br)c2)n1. The van der Waals surface area contributed by atoms with Crippen LogP contribution in [0.1, 0.15) is 19.8 Å². The Bertz CT molecular complexity index is 644. The maximum absolute atomic E-state index is 6.13. The smallest absolute Gasteiger partial charge is 0.245 e. The predicted molar refractivity (Wildman–Crippen MR) is 88.5 cm³/mol. The van der Waals surface area contributed by atoms with Crippen LogP contribution in [0.25, 0.3) is 11.4 Å². The van der Waals surface area contributed by atoms with Gasteiger partial charge in [-0.1, -0.05) is 11.6 Å². The number of hydrogen-bond donors (Lipinski definition) is 2. The number of piperidine rings is 1. The summed E-state index contributed by atoms with van der Waals surface area (Å²) < 4.78 is 0.841. The first kappa shape index (κ1) is 14.8. The number of benzene rings is 1. The maximum atomic E-state index is 6.13. The summed E-state index contributed by atoms with van der Waals surface area (Å²) >= 11 is 9.44. The minimum atomic E-state index is 0.172. The van der Waals surface area contributed by atoms with Gasteiger partial charge in [0, 0.05) is 28.7 Å². The number of nitrogens with zero attached hydrogens (tertiary/aromatic N) is 3. The van der Waals surface area contributed by atoms with E-state index in [1.54, 1.807) is 0 Å². The third-order valence-corrected chi connectivity index (χ3v) is 5.19. The molecule has 3 N–H and O–H groups in total. The van der Waals surface area contributed by atoms with Crippen LogP contribution < -0.4 is 10.6 Å². The van der Waals surface area contributed by atoms with Crippen LogP contribution >= 0.6 is 27.5 Å². The Labute approximate surface area is 137 Å². The maximum Gasteiger partial charge on any atom is 0.245 e. The van der Waals surface area contributed by atoms with Crippen LogP contribution in [0.4, 0.5) is 5.95 Å². The molecular formula is C14H17BrClN5. The lowest BCUT2D eigenvalue weighted by Gasteiger charge is -2.36. The summed E-state index contributed by atoms with van der Waals surface area (Å²) in [5.74, 6) is 1.44. The summed E-state index contributed by atoms with van der Waals surface area (Å²) in [5, 5.41) is 8.01. The van der Waals surface area contributed by atoms with Gasteiger partial charge in [0.05, 0.1) is 5.02 Å². The molecule has 5 nitrogen and oxygen atoms in total. The van der Waals surface area contributed by atoms with E-state index >= 15 is 0 Å². The average molecular weight is 371 g/mol. The Balaban J connectivity index is 1.87. The van der Waals surface area contributed by atoms with Gasteiger partial charge in [0.15, 0.2) is 5.82 Å². The molecule has 0 radical (unpaired) electrons. The Morgan fingerprint density at radius 2 is 2.29 bits per heavy atom. The van der Waals surface area contributed by atoms with Crippen molar-refractivity contribution in [1.82, 2.24) is 15.2 Å². The van der Waals surface area contributed by atoms with Gasteiger partial charge in [-0.25, -0.2) is 0 Å². The topological polar surface area (TPSA) is 70.8 Å². The molecule has 3 rings (SSSR count). The molecule has 2 unspecified atom stereocenters. The highest BCUT2D eigenvalue weighted by atomic mass is 79.9. The van der Waals surface area contributed by atoms with E-state index in [9.17, 15) is 0 Å². The van der Waals surface area contributed by atoms with Crippen LogP contribution in [0.5, 0.6) is 0 Å². The van der Waals surface area contributed by atoms with Crippen molar-refractivity contribution in [1.29, 1.82) is 0 Å². The molecule has 0 spiro atoms. The zero-order valence-corrected chi connectivity index (χ0v) is 14.0. The second-order valence-electron chi connectivity index (χ2n) is 5.35. The molecule has 0 amide bonds. The lowest BCUT2D eigenvalue weighted by Crippen LogP contribution is -2.50. The molecule has 21 heavy (non-hydrogen) atoms. The number of H-pyrrole nitrogens is 1. The molecule has 1 fully saturated rings. The second kappa shape index (κ2) is 5.94. The molecule has 1 saturated heterocycles. The Hall–Kier alpha value is -1.11. The van der Waals surface area contributed by atoms with Gasteiger partial charge in [-0.3, -0.25) is 5.10 Å². The van der Waals surface area contributed by atoms with Gasteiger partial charge in [0.25, 0.3) is 0 Å². The number of aromatic amines is 1. The quantitative estimate of drug-likeness (QED) is 0.851. The Morgan fingerprint density at radius 3 is 3.05 bits per heavy atom. The van der Waals surface area contributed by atoms with Gasteiger partial charge in [-0.15, -0.1) is 5.10 Å². The van der Waals surface area contributed by atoms with E-state index in [0.717, 1.165) is 35.2 Å². The van der Waals surface area contributed by atoms with E-state index in [1.165, 1.54) is 0 Å². The van der Waals surface area contributed by atoms with Gasteiger partial charge in [-0.05, 0) is 53.9 Å². The molecule has 2 atom stereocenters.